The van der Waals surface area contributed by atoms with E-state index in [0.717, 1.165) is 40.8 Å². The number of hydrogen-bond acceptors (Lipinski definition) is 4. The van der Waals surface area contributed by atoms with Gasteiger partial charge in [-0.3, -0.25) is 9.69 Å². The van der Waals surface area contributed by atoms with Crippen molar-refractivity contribution in [1.29, 1.82) is 0 Å². The van der Waals surface area contributed by atoms with Crippen molar-refractivity contribution in [1.82, 2.24) is 15.1 Å². The van der Waals surface area contributed by atoms with Gasteiger partial charge in [-0.05, 0) is 37.1 Å². The van der Waals surface area contributed by atoms with E-state index in [0.29, 0.717) is 0 Å². The Labute approximate surface area is 128 Å². The minimum Gasteiger partial charge on any atom is -0.329 e. The molecule has 4 aliphatic rings. The first-order valence-electron chi connectivity index (χ1n) is 6.95. The Bertz CT molecular complexity index is 711. The largest absolute Gasteiger partial charge is 0.329 e. The van der Waals surface area contributed by atoms with Crippen LogP contribution in [0.5, 0.6) is 0 Å². The molecule has 0 aromatic rings. The van der Waals surface area contributed by atoms with Crippen molar-refractivity contribution in [2.45, 2.75) is 18.9 Å². The molecule has 0 aromatic heterocycles. The van der Waals surface area contributed by atoms with E-state index in [2.05, 4.69) is 41.6 Å². The smallest absolute Gasteiger partial charge is 0.247 e. The van der Waals surface area contributed by atoms with E-state index in [1.807, 2.05) is 29.2 Å². The lowest BCUT2D eigenvalue weighted by Gasteiger charge is -2.36. The van der Waals surface area contributed by atoms with E-state index in [1.165, 1.54) is 0 Å². The van der Waals surface area contributed by atoms with Crippen molar-refractivity contribution in [3.8, 4) is 0 Å². The van der Waals surface area contributed by atoms with Gasteiger partial charge in [0.15, 0.2) is 0 Å². The highest BCUT2D eigenvalue weighted by molar-refractivity contribution is 7.84. The summed E-state index contributed by atoms with van der Waals surface area (Å²) in [6.07, 6.45) is 13.7. The fraction of sp³-hybridized carbons (Fsp3) is 0.188. The molecule has 4 nitrogen and oxygen atoms in total. The number of rotatable bonds is 1. The number of amides is 1. The molecule has 4 aliphatic heterocycles. The number of piperidine rings is 1. The van der Waals surface area contributed by atoms with Crippen LogP contribution >= 0.6 is 12.6 Å². The van der Waals surface area contributed by atoms with Gasteiger partial charge in [-0.25, -0.2) is 0 Å². The lowest BCUT2D eigenvalue weighted by molar-refractivity contribution is -0.125. The Hall–Kier alpha value is -2.14. The van der Waals surface area contributed by atoms with Crippen LogP contribution in [0.4, 0.5) is 0 Å². The molecule has 1 saturated heterocycles. The van der Waals surface area contributed by atoms with Crippen molar-refractivity contribution in [2.75, 3.05) is 0 Å². The Morgan fingerprint density at radius 1 is 1.29 bits per heavy atom. The Balaban J connectivity index is 1.78. The minimum absolute atomic E-state index is 0.0109. The van der Waals surface area contributed by atoms with E-state index < -0.39 is 0 Å². The molecule has 0 spiro atoms. The zero-order valence-electron chi connectivity index (χ0n) is 11.4. The monoisotopic (exact) mass is 297 g/mol. The average molecular weight is 297 g/mol. The first-order chi connectivity index (χ1) is 10.2. The predicted molar refractivity (Wildman–Crippen MR) is 84.4 cm³/mol. The van der Waals surface area contributed by atoms with Gasteiger partial charge in [-0.2, -0.15) is 0 Å². The van der Waals surface area contributed by atoms with Gasteiger partial charge in [0.2, 0.25) is 5.91 Å². The van der Waals surface area contributed by atoms with Crippen LogP contribution < -0.4 is 5.32 Å². The summed E-state index contributed by atoms with van der Waals surface area (Å²) in [6.45, 7) is 3.84. The molecule has 0 aliphatic carbocycles. The second kappa shape index (κ2) is 4.43. The van der Waals surface area contributed by atoms with Crippen molar-refractivity contribution in [2.24, 2.45) is 0 Å². The molecule has 0 radical (unpaired) electrons. The van der Waals surface area contributed by atoms with Gasteiger partial charge in [-0.15, -0.1) is 12.6 Å². The standard InChI is InChI=1S/C16H15N3OS/c1-10-8-9-12(15(20)17-10)19-14-7-3-5-11-4-2-6-13(16(19)21)18(11)14/h2-7,12,21H,1,8-9H2,(H,17,20). The van der Waals surface area contributed by atoms with Crippen LogP contribution in [0, 0.1) is 0 Å². The maximum atomic E-state index is 12.3. The number of carbonyl (C=O) groups excluding carboxylic acids is 1. The first-order valence-corrected chi connectivity index (χ1v) is 7.39. The van der Waals surface area contributed by atoms with E-state index >= 15 is 0 Å². The van der Waals surface area contributed by atoms with Crippen molar-refractivity contribution in [3.63, 3.8) is 0 Å². The molecule has 4 heterocycles. The summed E-state index contributed by atoms with van der Waals surface area (Å²) >= 11 is 4.68. The van der Waals surface area contributed by atoms with Crippen molar-refractivity contribution < 1.29 is 4.79 Å². The third-order valence-corrected chi connectivity index (χ3v) is 4.54. The van der Waals surface area contributed by atoms with Crippen molar-refractivity contribution >= 4 is 18.5 Å². The molecule has 1 atom stereocenters. The second-order valence-electron chi connectivity index (χ2n) is 5.40. The number of nitrogens with one attached hydrogen (secondary N) is 1. The fourth-order valence-corrected chi connectivity index (χ4v) is 3.55. The maximum absolute atomic E-state index is 12.3. The first kappa shape index (κ1) is 12.6. The van der Waals surface area contributed by atoms with Gasteiger partial charge in [0.05, 0.1) is 10.7 Å². The molecular formula is C16H15N3OS. The number of hydrogen-bond donors (Lipinski definition) is 2. The summed E-state index contributed by atoms with van der Waals surface area (Å²) in [4.78, 5) is 16.5. The van der Waals surface area contributed by atoms with E-state index in [9.17, 15) is 4.79 Å². The number of carbonyl (C=O) groups is 1. The summed E-state index contributed by atoms with van der Waals surface area (Å²) in [5.41, 5.74) is 2.91. The Morgan fingerprint density at radius 2 is 2.10 bits per heavy atom. The molecule has 1 unspecified atom stereocenters. The van der Waals surface area contributed by atoms with E-state index in [4.69, 9.17) is 0 Å². The third kappa shape index (κ3) is 1.74. The van der Waals surface area contributed by atoms with Gasteiger partial charge in [0, 0.05) is 11.4 Å². The highest BCUT2D eigenvalue weighted by Crippen LogP contribution is 2.43. The normalized spacial score (nSPS) is 26.8. The SMILES string of the molecule is C=C1CCC(N2C3=CC=CC4=CC=CC(=C2S)N43)C(=O)N1. The van der Waals surface area contributed by atoms with Crippen molar-refractivity contribution in [3.05, 3.63) is 71.0 Å². The molecule has 1 fully saturated rings. The van der Waals surface area contributed by atoms with E-state index in [-0.39, 0.29) is 11.9 Å². The molecule has 1 N–H and O–H groups in total. The van der Waals surface area contributed by atoms with Gasteiger partial charge < -0.3 is 10.2 Å². The average Bonchev–Trinajstić information content (AvgIpc) is 2.75. The van der Waals surface area contributed by atoms with Crippen LogP contribution in [-0.2, 0) is 4.79 Å². The minimum atomic E-state index is -0.242. The molecule has 5 heteroatoms. The number of thiol groups is 1. The number of allylic oxidation sites excluding steroid dienone is 7. The molecule has 1 amide bonds. The molecule has 21 heavy (non-hydrogen) atoms. The lowest BCUT2D eigenvalue weighted by atomic mass is 10.0. The Kier molecular flexibility index (Phi) is 2.65. The third-order valence-electron chi connectivity index (χ3n) is 4.10. The van der Waals surface area contributed by atoms with Crippen LogP contribution in [0.3, 0.4) is 0 Å². The van der Waals surface area contributed by atoms with Gasteiger partial charge >= 0.3 is 0 Å². The lowest BCUT2D eigenvalue weighted by Crippen LogP contribution is -2.48. The summed E-state index contributed by atoms with van der Waals surface area (Å²) in [5.74, 6) is 0.976. The maximum Gasteiger partial charge on any atom is 0.247 e. The quantitative estimate of drug-likeness (QED) is 0.729. The van der Waals surface area contributed by atoms with Gasteiger partial charge in [-0.1, -0.05) is 18.7 Å². The van der Waals surface area contributed by atoms with Crippen LogP contribution in [0.2, 0.25) is 0 Å². The van der Waals surface area contributed by atoms with Crippen LogP contribution in [0.25, 0.3) is 0 Å². The summed E-state index contributed by atoms with van der Waals surface area (Å²) < 4.78 is 0. The second-order valence-corrected chi connectivity index (χ2v) is 5.82. The zero-order valence-corrected chi connectivity index (χ0v) is 12.3. The Morgan fingerprint density at radius 3 is 2.90 bits per heavy atom. The summed E-state index contributed by atoms with van der Waals surface area (Å²) in [5, 5.41) is 3.67. The highest BCUT2D eigenvalue weighted by Gasteiger charge is 2.41. The number of nitrogens with zero attached hydrogens (tertiary/aromatic N) is 2. The molecule has 4 rings (SSSR count). The van der Waals surface area contributed by atoms with E-state index in [1.54, 1.807) is 0 Å². The molecule has 0 bridgehead atoms. The highest BCUT2D eigenvalue weighted by atomic mass is 32.1. The van der Waals surface area contributed by atoms with Crippen LogP contribution in [0.15, 0.2) is 71.0 Å². The zero-order chi connectivity index (χ0) is 14.6. The van der Waals surface area contributed by atoms with Gasteiger partial charge in [0.25, 0.3) is 0 Å². The topological polar surface area (TPSA) is 35.6 Å². The summed E-state index contributed by atoms with van der Waals surface area (Å²) in [7, 11) is 0. The predicted octanol–water partition coefficient (Wildman–Crippen LogP) is 2.36. The molecule has 0 aromatic carbocycles. The summed E-state index contributed by atoms with van der Waals surface area (Å²) in [6, 6.07) is -0.242. The van der Waals surface area contributed by atoms with Gasteiger partial charge in [0.1, 0.15) is 11.9 Å². The molecule has 106 valence electrons. The fourth-order valence-electron chi connectivity index (χ4n) is 3.13. The van der Waals surface area contributed by atoms with Crippen LogP contribution in [-0.4, -0.2) is 21.7 Å². The molecule has 0 saturated carbocycles. The van der Waals surface area contributed by atoms with Crippen LogP contribution in [0.1, 0.15) is 12.8 Å². The molecular weight excluding hydrogens is 282 g/mol.